The van der Waals surface area contributed by atoms with Gasteiger partial charge in [0.05, 0.1) is 30.9 Å². The molecule has 0 unspecified atom stereocenters. The van der Waals surface area contributed by atoms with Gasteiger partial charge in [0.2, 0.25) is 0 Å². The van der Waals surface area contributed by atoms with Crippen LogP contribution in [0.25, 0.3) is 0 Å². The van der Waals surface area contributed by atoms with Gasteiger partial charge in [-0.2, -0.15) is 0 Å². The van der Waals surface area contributed by atoms with Crippen LogP contribution in [-0.2, 0) is 0 Å². The van der Waals surface area contributed by atoms with Crippen molar-refractivity contribution in [1.82, 2.24) is 0 Å². The minimum absolute atomic E-state index is 0.130. The Morgan fingerprint density at radius 3 is 1.33 bits per heavy atom. The molecular weight excluding hydrogens is 162 g/mol. The van der Waals surface area contributed by atoms with Crippen LogP contribution in [0.5, 0.6) is 0 Å². The third-order valence-electron chi connectivity index (χ3n) is 2.23. The number of nitrogens with two attached hydrogens (primary N) is 3. The first-order valence-electron chi connectivity index (χ1n) is 3.60. The average molecular weight is 179 g/mol. The first-order valence-corrected chi connectivity index (χ1v) is 3.60. The highest BCUT2D eigenvalue weighted by molar-refractivity contribution is 4.98. The summed E-state index contributed by atoms with van der Waals surface area (Å²) in [5, 5.41) is 26.7. The molecular formula is C6H17N3O3. The first-order chi connectivity index (χ1) is 5.49. The molecule has 6 nitrogen and oxygen atoms in total. The molecule has 0 saturated carbocycles. The molecule has 9 N–H and O–H groups in total. The Kier molecular flexibility index (Phi) is 4.04. The van der Waals surface area contributed by atoms with Crippen molar-refractivity contribution in [1.29, 1.82) is 0 Å². The maximum absolute atomic E-state index is 8.91. The first kappa shape index (κ1) is 11.8. The van der Waals surface area contributed by atoms with Gasteiger partial charge in [0, 0.05) is 6.54 Å². The second kappa shape index (κ2) is 4.13. The van der Waals surface area contributed by atoms with Gasteiger partial charge in [-0.3, -0.25) is 0 Å². The van der Waals surface area contributed by atoms with Crippen LogP contribution in [-0.4, -0.2) is 47.3 Å². The molecule has 0 aliphatic carbocycles. The lowest BCUT2D eigenvalue weighted by Crippen LogP contribution is -2.70. The fourth-order valence-corrected chi connectivity index (χ4v) is 0.808. The van der Waals surface area contributed by atoms with E-state index in [2.05, 4.69) is 0 Å². The molecule has 0 aromatic rings. The van der Waals surface area contributed by atoms with Crippen molar-refractivity contribution in [3.8, 4) is 0 Å². The Hall–Kier alpha value is -0.240. The number of aliphatic hydroxyl groups is 3. The lowest BCUT2D eigenvalue weighted by molar-refractivity contribution is -0.0474. The van der Waals surface area contributed by atoms with Gasteiger partial charge in [-0.05, 0) is 0 Å². The summed E-state index contributed by atoms with van der Waals surface area (Å²) < 4.78 is 0. The zero-order valence-electron chi connectivity index (χ0n) is 6.90. The van der Waals surface area contributed by atoms with Gasteiger partial charge in [0.25, 0.3) is 0 Å². The lowest BCUT2D eigenvalue weighted by atomic mass is 9.78. The Bertz CT molecular complexity index is 128. The monoisotopic (exact) mass is 179 g/mol. The highest BCUT2D eigenvalue weighted by Gasteiger charge is 2.44. The van der Waals surface area contributed by atoms with Crippen molar-refractivity contribution >= 4 is 0 Å². The summed E-state index contributed by atoms with van der Waals surface area (Å²) in [4.78, 5) is 0. The number of hydrogen-bond donors (Lipinski definition) is 6. The van der Waals surface area contributed by atoms with Crippen LogP contribution in [0.15, 0.2) is 0 Å². The van der Waals surface area contributed by atoms with Gasteiger partial charge in [0.15, 0.2) is 0 Å². The average Bonchev–Trinajstić information content (AvgIpc) is 2.08. The molecule has 0 heterocycles. The smallest absolute Gasteiger partial charge is 0.0887 e. The van der Waals surface area contributed by atoms with E-state index in [0.717, 1.165) is 0 Å². The quantitative estimate of drug-likeness (QED) is 0.242. The topological polar surface area (TPSA) is 139 Å². The van der Waals surface area contributed by atoms with E-state index in [1.807, 2.05) is 0 Å². The number of hydrogen-bond acceptors (Lipinski definition) is 6. The molecule has 0 atom stereocenters. The Balaban J connectivity index is 4.69. The van der Waals surface area contributed by atoms with Gasteiger partial charge in [-0.25, -0.2) is 0 Å². The maximum atomic E-state index is 8.91. The third kappa shape index (κ3) is 1.74. The summed E-state index contributed by atoms with van der Waals surface area (Å²) in [5.41, 5.74) is 13.4. The Morgan fingerprint density at radius 1 is 0.917 bits per heavy atom. The van der Waals surface area contributed by atoms with E-state index in [1.54, 1.807) is 0 Å². The standard InChI is InChI=1S/C6H17N3O3/c7-1-6(8,9)5(2-10,3-11)4-12/h10-12H,1-4,7-9H2. The van der Waals surface area contributed by atoms with Gasteiger partial charge in [0.1, 0.15) is 0 Å². The highest BCUT2D eigenvalue weighted by atomic mass is 16.3. The normalized spacial score (nSPS) is 13.5. The predicted octanol–water partition coefficient (Wildman–Crippen LogP) is -3.48. The highest BCUT2D eigenvalue weighted by Crippen LogP contribution is 2.23. The van der Waals surface area contributed by atoms with Gasteiger partial charge in [-0.15, -0.1) is 0 Å². The van der Waals surface area contributed by atoms with Crippen molar-refractivity contribution in [2.45, 2.75) is 5.66 Å². The van der Waals surface area contributed by atoms with E-state index >= 15 is 0 Å². The predicted molar refractivity (Wildman–Crippen MR) is 43.9 cm³/mol. The molecule has 0 aliphatic heterocycles. The zero-order valence-corrected chi connectivity index (χ0v) is 6.90. The molecule has 0 bridgehead atoms. The summed E-state index contributed by atoms with van der Waals surface area (Å²) in [6, 6.07) is 0. The van der Waals surface area contributed by atoms with Gasteiger partial charge < -0.3 is 32.5 Å². The number of rotatable bonds is 5. The molecule has 0 amide bonds. The molecule has 0 aromatic carbocycles. The third-order valence-corrected chi connectivity index (χ3v) is 2.23. The molecule has 0 radical (unpaired) electrons. The lowest BCUT2D eigenvalue weighted by Gasteiger charge is -2.41. The fourth-order valence-electron chi connectivity index (χ4n) is 0.808. The molecule has 74 valence electrons. The summed E-state index contributed by atoms with van der Waals surface area (Å²) in [7, 11) is 0. The minimum Gasteiger partial charge on any atom is -0.395 e. The van der Waals surface area contributed by atoms with Crippen molar-refractivity contribution in [2.75, 3.05) is 26.4 Å². The van der Waals surface area contributed by atoms with Crippen molar-refractivity contribution in [3.05, 3.63) is 0 Å². The molecule has 0 aliphatic rings. The van der Waals surface area contributed by atoms with E-state index in [0.29, 0.717) is 0 Å². The van der Waals surface area contributed by atoms with E-state index < -0.39 is 30.9 Å². The van der Waals surface area contributed by atoms with E-state index in [9.17, 15) is 0 Å². The van der Waals surface area contributed by atoms with Crippen LogP contribution in [0.1, 0.15) is 0 Å². The van der Waals surface area contributed by atoms with Crippen LogP contribution in [0.3, 0.4) is 0 Å². The van der Waals surface area contributed by atoms with Crippen molar-refractivity contribution < 1.29 is 15.3 Å². The van der Waals surface area contributed by atoms with Crippen LogP contribution in [0.2, 0.25) is 0 Å². The summed E-state index contributed by atoms with van der Waals surface area (Å²) >= 11 is 0. The van der Waals surface area contributed by atoms with Crippen LogP contribution in [0.4, 0.5) is 0 Å². The maximum Gasteiger partial charge on any atom is 0.0887 e. The molecule has 0 saturated heterocycles. The summed E-state index contributed by atoms with van der Waals surface area (Å²) in [6.45, 7) is -1.66. The molecule has 0 rings (SSSR count). The summed E-state index contributed by atoms with van der Waals surface area (Å²) in [5.74, 6) is 0. The van der Waals surface area contributed by atoms with Crippen LogP contribution >= 0.6 is 0 Å². The van der Waals surface area contributed by atoms with Crippen LogP contribution < -0.4 is 17.2 Å². The largest absolute Gasteiger partial charge is 0.395 e. The molecule has 6 heteroatoms. The van der Waals surface area contributed by atoms with E-state index in [4.69, 9.17) is 32.5 Å². The van der Waals surface area contributed by atoms with E-state index in [1.165, 1.54) is 0 Å². The molecule has 12 heavy (non-hydrogen) atoms. The molecule has 0 aromatic heterocycles. The zero-order chi connectivity index (χ0) is 9.83. The van der Waals surface area contributed by atoms with Crippen LogP contribution in [0, 0.1) is 5.41 Å². The van der Waals surface area contributed by atoms with Gasteiger partial charge in [-0.1, -0.05) is 0 Å². The molecule has 0 fully saturated rings. The second-order valence-corrected chi connectivity index (χ2v) is 3.00. The minimum atomic E-state index is -1.47. The van der Waals surface area contributed by atoms with Gasteiger partial charge >= 0.3 is 0 Å². The fraction of sp³-hybridized carbons (Fsp3) is 1.00. The van der Waals surface area contributed by atoms with Crippen molar-refractivity contribution in [3.63, 3.8) is 0 Å². The van der Waals surface area contributed by atoms with E-state index in [-0.39, 0.29) is 6.54 Å². The summed E-state index contributed by atoms with van der Waals surface area (Å²) in [6.07, 6.45) is 0. The Labute approximate surface area is 71.0 Å². The second-order valence-electron chi connectivity index (χ2n) is 3.00. The Morgan fingerprint density at radius 2 is 1.25 bits per heavy atom. The number of aliphatic hydroxyl groups excluding tert-OH is 3. The molecule has 0 spiro atoms. The SMILES string of the molecule is NCC(N)(N)C(CO)(CO)CO. The van der Waals surface area contributed by atoms with Crippen molar-refractivity contribution in [2.24, 2.45) is 22.6 Å².